The van der Waals surface area contributed by atoms with Crippen molar-refractivity contribution in [3.8, 4) is 5.75 Å². The molecule has 2 N–H and O–H groups in total. The summed E-state index contributed by atoms with van der Waals surface area (Å²) in [5.74, 6) is 0.156. The van der Waals surface area contributed by atoms with E-state index in [0.717, 1.165) is 18.8 Å². The molecule has 3 nitrogen and oxygen atoms in total. The Morgan fingerprint density at radius 2 is 1.68 bits per heavy atom. The number of hydrogen-bond donors (Lipinski definition) is 2. The zero-order chi connectivity index (χ0) is 13.4. The number of benzene rings is 2. The average Bonchev–Trinajstić information content (AvgIpc) is 2.81. The molecule has 0 radical (unpaired) electrons. The van der Waals surface area contributed by atoms with Crippen molar-refractivity contribution >= 4 is 5.69 Å². The minimum absolute atomic E-state index is 0.156. The topological polar surface area (TPSA) is 43.7 Å². The van der Waals surface area contributed by atoms with Gasteiger partial charge in [0.05, 0.1) is 6.10 Å². The highest BCUT2D eigenvalue weighted by Crippen LogP contribution is 2.33. The number of nitrogens with zero attached hydrogens (tertiary/aromatic N) is 1. The molecule has 3 rings (SSSR count). The van der Waals surface area contributed by atoms with Crippen molar-refractivity contribution in [3.05, 3.63) is 59.2 Å². The predicted octanol–water partition coefficient (Wildman–Crippen LogP) is 2.97. The molecule has 0 fully saturated rings. The fourth-order valence-electron chi connectivity index (χ4n) is 2.60. The van der Waals surface area contributed by atoms with Crippen LogP contribution in [0.2, 0.25) is 0 Å². The van der Waals surface area contributed by atoms with Gasteiger partial charge in [0, 0.05) is 30.4 Å². The van der Waals surface area contributed by atoms with E-state index in [4.69, 9.17) is 0 Å². The number of aliphatic hydroxyl groups is 1. The minimum Gasteiger partial charge on any atom is -0.507 e. The smallest absolute Gasteiger partial charge is 0.123 e. The zero-order valence-electron chi connectivity index (χ0n) is 10.9. The van der Waals surface area contributed by atoms with E-state index in [1.54, 1.807) is 19.1 Å². The third kappa shape index (κ3) is 2.17. The number of rotatable bonds is 2. The Morgan fingerprint density at radius 1 is 1.05 bits per heavy atom. The summed E-state index contributed by atoms with van der Waals surface area (Å²) in [5, 5.41) is 19.5. The number of aliphatic hydroxyl groups excluding tert-OH is 1. The van der Waals surface area contributed by atoms with Crippen molar-refractivity contribution in [2.24, 2.45) is 0 Å². The number of phenols is 1. The lowest BCUT2D eigenvalue weighted by Crippen LogP contribution is -2.14. The number of anilines is 1. The second-order valence-corrected chi connectivity index (χ2v) is 5.04. The van der Waals surface area contributed by atoms with Crippen LogP contribution in [0.3, 0.4) is 0 Å². The molecule has 2 aromatic rings. The zero-order valence-corrected chi connectivity index (χ0v) is 10.9. The molecule has 1 heterocycles. The van der Waals surface area contributed by atoms with Crippen LogP contribution in [-0.4, -0.2) is 10.2 Å². The quantitative estimate of drug-likeness (QED) is 0.867. The first-order chi connectivity index (χ1) is 9.15. The van der Waals surface area contributed by atoms with Gasteiger partial charge in [-0.3, -0.25) is 0 Å². The van der Waals surface area contributed by atoms with Crippen molar-refractivity contribution in [3.63, 3.8) is 0 Å². The molecule has 1 aliphatic heterocycles. The Hall–Kier alpha value is -2.00. The molecule has 1 unspecified atom stereocenters. The van der Waals surface area contributed by atoms with E-state index < -0.39 is 6.10 Å². The molecule has 0 saturated carbocycles. The minimum atomic E-state index is -0.648. The first kappa shape index (κ1) is 12.1. The Kier molecular flexibility index (Phi) is 2.91. The first-order valence-corrected chi connectivity index (χ1v) is 6.48. The first-order valence-electron chi connectivity index (χ1n) is 6.48. The van der Waals surface area contributed by atoms with Gasteiger partial charge in [-0.05, 0) is 24.1 Å². The number of fused-ring (bicyclic) bond motifs is 1. The van der Waals surface area contributed by atoms with E-state index in [1.807, 2.05) is 6.07 Å². The Morgan fingerprint density at radius 3 is 2.21 bits per heavy atom. The second kappa shape index (κ2) is 4.59. The summed E-state index contributed by atoms with van der Waals surface area (Å²) < 4.78 is 0. The Labute approximate surface area is 112 Å². The van der Waals surface area contributed by atoms with Gasteiger partial charge in [-0.15, -0.1) is 0 Å². The van der Waals surface area contributed by atoms with E-state index in [2.05, 4.69) is 29.2 Å². The molecular weight excluding hydrogens is 238 g/mol. The lowest BCUT2D eigenvalue weighted by Gasteiger charge is -2.19. The van der Waals surface area contributed by atoms with Crippen LogP contribution in [-0.2, 0) is 13.1 Å². The van der Waals surface area contributed by atoms with Gasteiger partial charge >= 0.3 is 0 Å². The second-order valence-electron chi connectivity index (χ2n) is 5.04. The lowest BCUT2D eigenvalue weighted by molar-refractivity contribution is 0.195. The van der Waals surface area contributed by atoms with Crippen LogP contribution >= 0.6 is 0 Å². The van der Waals surface area contributed by atoms with E-state index in [9.17, 15) is 10.2 Å². The van der Waals surface area contributed by atoms with Gasteiger partial charge < -0.3 is 15.1 Å². The monoisotopic (exact) mass is 255 g/mol. The van der Waals surface area contributed by atoms with Gasteiger partial charge in [0.25, 0.3) is 0 Å². The van der Waals surface area contributed by atoms with E-state index in [0.29, 0.717) is 5.56 Å². The summed E-state index contributed by atoms with van der Waals surface area (Å²) in [4.78, 5) is 2.22. The van der Waals surface area contributed by atoms with Crippen LogP contribution in [0.5, 0.6) is 5.75 Å². The summed E-state index contributed by atoms with van der Waals surface area (Å²) in [6.07, 6.45) is -0.648. The van der Waals surface area contributed by atoms with Crippen molar-refractivity contribution in [2.75, 3.05) is 4.90 Å². The molecule has 0 bridgehead atoms. The summed E-state index contributed by atoms with van der Waals surface area (Å²) in [6.45, 7) is 3.38. The molecule has 98 valence electrons. The Bertz CT molecular complexity index is 582. The van der Waals surface area contributed by atoms with E-state index in [-0.39, 0.29) is 5.75 Å². The van der Waals surface area contributed by atoms with Crippen LogP contribution < -0.4 is 4.90 Å². The third-order valence-electron chi connectivity index (χ3n) is 3.67. The maximum atomic E-state index is 9.95. The highest BCUT2D eigenvalue weighted by atomic mass is 16.3. The van der Waals surface area contributed by atoms with Crippen molar-refractivity contribution in [1.29, 1.82) is 0 Å². The molecule has 3 heteroatoms. The molecule has 0 saturated heterocycles. The number of phenolic OH excluding ortho intramolecular Hbond substituents is 1. The maximum absolute atomic E-state index is 9.95. The van der Waals surface area contributed by atoms with Crippen LogP contribution in [0, 0.1) is 0 Å². The molecule has 0 amide bonds. The summed E-state index contributed by atoms with van der Waals surface area (Å²) in [7, 11) is 0. The maximum Gasteiger partial charge on any atom is 0.123 e. The molecule has 2 aromatic carbocycles. The average molecular weight is 255 g/mol. The summed E-state index contributed by atoms with van der Waals surface area (Å²) >= 11 is 0. The van der Waals surface area contributed by atoms with E-state index >= 15 is 0 Å². The molecule has 1 atom stereocenters. The van der Waals surface area contributed by atoms with Gasteiger partial charge in [-0.25, -0.2) is 0 Å². The molecule has 1 aliphatic rings. The molecule has 0 aromatic heterocycles. The van der Waals surface area contributed by atoms with Crippen LogP contribution in [0.1, 0.15) is 29.7 Å². The van der Waals surface area contributed by atoms with Gasteiger partial charge in [0.2, 0.25) is 0 Å². The van der Waals surface area contributed by atoms with Crippen LogP contribution in [0.25, 0.3) is 0 Å². The largest absolute Gasteiger partial charge is 0.507 e. The molecular formula is C16H17NO2. The van der Waals surface area contributed by atoms with Crippen molar-refractivity contribution in [2.45, 2.75) is 26.1 Å². The normalized spacial score (nSPS) is 15.4. The fraction of sp³-hybridized carbons (Fsp3) is 0.250. The molecule has 19 heavy (non-hydrogen) atoms. The Balaban J connectivity index is 1.88. The van der Waals surface area contributed by atoms with E-state index in [1.165, 1.54) is 11.1 Å². The van der Waals surface area contributed by atoms with Gasteiger partial charge in [0.1, 0.15) is 5.75 Å². The van der Waals surface area contributed by atoms with Gasteiger partial charge in [-0.2, -0.15) is 0 Å². The van der Waals surface area contributed by atoms with Gasteiger partial charge in [-0.1, -0.05) is 30.3 Å². The number of hydrogen-bond acceptors (Lipinski definition) is 3. The molecule has 0 spiro atoms. The van der Waals surface area contributed by atoms with Crippen LogP contribution in [0.4, 0.5) is 5.69 Å². The lowest BCUT2D eigenvalue weighted by atomic mass is 10.1. The SMILES string of the molecule is CC(O)c1ccc(N2Cc3ccccc3C2)cc1O. The summed E-state index contributed by atoms with van der Waals surface area (Å²) in [5.41, 5.74) is 4.22. The highest BCUT2D eigenvalue weighted by molar-refractivity contribution is 5.56. The predicted molar refractivity (Wildman–Crippen MR) is 75.1 cm³/mol. The third-order valence-corrected chi connectivity index (χ3v) is 3.67. The fourth-order valence-corrected chi connectivity index (χ4v) is 2.60. The number of aromatic hydroxyl groups is 1. The summed E-state index contributed by atoms with van der Waals surface area (Å²) in [6, 6.07) is 13.9. The highest BCUT2D eigenvalue weighted by Gasteiger charge is 2.19. The van der Waals surface area contributed by atoms with Crippen LogP contribution in [0.15, 0.2) is 42.5 Å². The van der Waals surface area contributed by atoms with Crippen molar-refractivity contribution in [1.82, 2.24) is 0 Å². The van der Waals surface area contributed by atoms with Gasteiger partial charge in [0.15, 0.2) is 0 Å². The van der Waals surface area contributed by atoms with Crippen molar-refractivity contribution < 1.29 is 10.2 Å². The standard InChI is InChI=1S/C16H17NO2/c1-11(18)15-7-6-14(8-16(15)19)17-9-12-4-2-3-5-13(12)10-17/h2-8,11,18-19H,9-10H2,1H3. The molecule has 0 aliphatic carbocycles.